The molecule has 19 heavy (non-hydrogen) atoms. The van der Waals surface area contributed by atoms with Gasteiger partial charge in [-0.2, -0.15) is 5.10 Å². The van der Waals surface area contributed by atoms with E-state index in [0.29, 0.717) is 17.1 Å². The lowest BCUT2D eigenvalue weighted by molar-refractivity contribution is 0.738. The van der Waals surface area contributed by atoms with Crippen LogP contribution in [0.5, 0.6) is 0 Å². The molecule has 100 valence electrons. The number of aryl methyl sites for hydroxylation is 1. The molecule has 1 aromatic heterocycles. The first-order valence-electron chi connectivity index (χ1n) is 5.80. The van der Waals surface area contributed by atoms with Crippen LogP contribution in [-0.4, -0.2) is 14.8 Å². The van der Waals surface area contributed by atoms with E-state index in [0.717, 1.165) is 16.9 Å². The van der Waals surface area contributed by atoms with Gasteiger partial charge in [0.05, 0.1) is 16.8 Å². The Kier molecular flexibility index (Phi) is 4.07. The van der Waals surface area contributed by atoms with Crippen LogP contribution < -0.4 is 11.1 Å². The number of nitrogens with one attached hydrogen (secondary N) is 1. The van der Waals surface area contributed by atoms with Gasteiger partial charge in [-0.1, -0.05) is 29.9 Å². The summed E-state index contributed by atoms with van der Waals surface area (Å²) in [5.74, 6) is 0. The van der Waals surface area contributed by atoms with Crippen molar-refractivity contribution in [2.75, 3.05) is 5.32 Å². The molecule has 3 N–H and O–H groups in total. The molecule has 0 fully saturated rings. The second-order valence-corrected chi connectivity index (χ2v) is 5.11. The van der Waals surface area contributed by atoms with E-state index < -0.39 is 0 Å². The molecule has 1 heterocycles. The molecule has 0 aliphatic rings. The summed E-state index contributed by atoms with van der Waals surface area (Å²) in [6.45, 7) is 2.67. The van der Waals surface area contributed by atoms with Crippen molar-refractivity contribution in [3.63, 3.8) is 0 Å². The fraction of sp³-hybridized carbons (Fsp3) is 0.231. The molecule has 0 radical (unpaired) electrons. The lowest BCUT2D eigenvalue weighted by Crippen LogP contribution is -2.14. The van der Waals surface area contributed by atoms with Gasteiger partial charge in [-0.15, -0.1) is 0 Å². The van der Waals surface area contributed by atoms with Crippen molar-refractivity contribution in [1.29, 1.82) is 0 Å². The SMILES string of the molecule is Cc1c(CNc2cccc(Cl)c2C(N)=S)cnn1C. The molecular weight excluding hydrogens is 280 g/mol. The Hall–Kier alpha value is -1.59. The fourth-order valence-corrected chi connectivity index (χ4v) is 2.38. The summed E-state index contributed by atoms with van der Waals surface area (Å²) in [7, 11) is 1.92. The summed E-state index contributed by atoms with van der Waals surface area (Å²) in [6, 6.07) is 5.55. The maximum Gasteiger partial charge on any atom is 0.107 e. The molecule has 0 aliphatic carbocycles. The van der Waals surface area contributed by atoms with Crippen molar-refractivity contribution in [3.05, 3.63) is 46.2 Å². The van der Waals surface area contributed by atoms with Crippen LogP contribution in [0, 0.1) is 6.92 Å². The Bertz CT molecular complexity index is 621. The van der Waals surface area contributed by atoms with Crippen molar-refractivity contribution in [2.24, 2.45) is 12.8 Å². The van der Waals surface area contributed by atoms with Crippen molar-refractivity contribution < 1.29 is 0 Å². The number of nitrogens with two attached hydrogens (primary N) is 1. The summed E-state index contributed by atoms with van der Waals surface area (Å²) in [6.07, 6.45) is 1.84. The van der Waals surface area contributed by atoms with Gasteiger partial charge in [0.15, 0.2) is 0 Å². The minimum absolute atomic E-state index is 0.288. The third-order valence-electron chi connectivity index (χ3n) is 3.07. The molecule has 0 spiro atoms. The van der Waals surface area contributed by atoms with Crippen LogP contribution in [0.3, 0.4) is 0 Å². The number of halogens is 1. The molecule has 2 aromatic rings. The zero-order chi connectivity index (χ0) is 14.0. The maximum atomic E-state index is 6.12. The van der Waals surface area contributed by atoms with Crippen LogP contribution in [0.25, 0.3) is 0 Å². The van der Waals surface area contributed by atoms with Crippen LogP contribution in [0.2, 0.25) is 5.02 Å². The number of hydrogen-bond acceptors (Lipinski definition) is 3. The van der Waals surface area contributed by atoms with Gasteiger partial charge >= 0.3 is 0 Å². The second-order valence-electron chi connectivity index (χ2n) is 4.26. The quantitative estimate of drug-likeness (QED) is 0.851. The highest BCUT2D eigenvalue weighted by molar-refractivity contribution is 7.80. The molecule has 0 atom stereocenters. The first-order chi connectivity index (χ1) is 9.00. The Morgan fingerprint density at radius 3 is 2.84 bits per heavy atom. The van der Waals surface area contributed by atoms with Crippen LogP contribution in [0.15, 0.2) is 24.4 Å². The number of aromatic nitrogens is 2. The van der Waals surface area contributed by atoms with E-state index in [4.69, 9.17) is 29.6 Å². The van der Waals surface area contributed by atoms with E-state index in [2.05, 4.69) is 10.4 Å². The van der Waals surface area contributed by atoms with E-state index >= 15 is 0 Å². The van der Waals surface area contributed by atoms with Gasteiger partial charge in [-0.05, 0) is 19.1 Å². The molecule has 0 saturated carbocycles. The third-order valence-corrected chi connectivity index (χ3v) is 3.59. The van der Waals surface area contributed by atoms with Gasteiger partial charge in [0, 0.05) is 30.5 Å². The first-order valence-corrected chi connectivity index (χ1v) is 6.59. The first kappa shape index (κ1) is 13.8. The van der Waals surface area contributed by atoms with E-state index in [-0.39, 0.29) is 4.99 Å². The van der Waals surface area contributed by atoms with E-state index in [1.807, 2.05) is 37.0 Å². The van der Waals surface area contributed by atoms with Crippen molar-refractivity contribution in [1.82, 2.24) is 9.78 Å². The van der Waals surface area contributed by atoms with Gasteiger partial charge in [0.2, 0.25) is 0 Å². The number of benzene rings is 1. The highest BCUT2D eigenvalue weighted by Gasteiger charge is 2.10. The summed E-state index contributed by atoms with van der Waals surface area (Å²) in [5.41, 5.74) is 9.47. The summed E-state index contributed by atoms with van der Waals surface area (Å²) >= 11 is 11.2. The molecule has 6 heteroatoms. The zero-order valence-corrected chi connectivity index (χ0v) is 12.3. The molecule has 0 amide bonds. The van der Waals surface area contributed by atoms with E-state index in [1.165, 1.54) is 0 Å². The number of rotatable bonds is 4. The molecule has 2 rings (SSSR count). The molecule has 4 nitrogen and oxygen atoms in total. The van der Waals surface area contributed by atoms with Crippen molar-refractivity contribution >= 4 is 34.5 Å². The van der Waals surface area contributed by atoms with Crippen molar-refractivity contribution in [2.45, 2.75) is 13.5 Å². The lowest BCUT2D eigenvalue weighted by atomic mass is 10.1. The topological polar surface area (TPSA) is 55.9 Å². The van der Waals surface area contributed by atoms with Crippen LogP contribution in [-0.2, 0) is 13.6 Å². The molecule has 0 unspecified atom stereocenters. The van der Waals surface area contributed by atoms with Crippen LogP contribution >= 0.6 is 23.8 Å². The molecule has 0 bridgehead atoms. The van der Waals surface area contributed by atoms with Gasteiger partial charge in [0.1, 0.15) is 4.99 Å². The Morgan fingerprint density at radius 1 is 1.53 bits per heavy atom. The predicted octanol–water partition coefficient (Wildman–Crippen LogP) is 2.63. The van der Waals surface area contributed by atoms with Gasteiger partial charge in [-0.3, -0.25) is 4.68 Å². The second kappa shape index (κ2) is 5.59. The highest BCUT2D eigenvalue weighted by Crippen LogP contribution is 2.24. The smallest absolute Gasteiger partial charge is 0.107 e. The van der Waals surface area contributed by atoms with Crippen molar-refractivity contribution in [3.8, 4) is 0 Å². The molecule has 0 saturated heterocycles. The normalized spacial score (nSPS) is 10.5. The van der Waals surface area contributed by atoms with Gasteiger partial charge < -0.3 is 11.1 Å². The van der Waals surface area contributed by atoms with E-state index in [1.54, 1.807) is 6.07 Å². The average Bonchev–Trinajstić information content (AvgIpc) is 2.67. The number of hydrogen-bond donors (Lipinski definition) is 2. The largest absolute Gasteiger partial charge is 0.389 e. The monoisotopic (exact) mass is 294 g/mol. The summed E-state index contributed by atoms with van der Waals surface area (Å²) < 4.78 is 1.84. The molecule has 0 aliphatic heterocycles. The average molecular weight is 295 g/mol. The third kappa shape index (κ3) is 2.88. The minimum atomic E-state index is 0.288. The standard InChI is InChI=1S/C13H15ClN4S/c1-8-9(7-17-18(8)2)6-16-11-5-3-4-10(14)12(11)13(15)19/h3-5,7,16H,6H2,1-2H3,(H2,15,19). The molecule has 1 aromatic carbocycles. The van der Waals surface area contributed by atoms with E-state index in [9.17, 15) is 0 Å². The zero-order valence-electron chi connectivity index (χ0n) is 10.8. The van der Waals surface area contributed by atoms with Gasteiger partial charge in [0.25, 0.3) is 0 Å². The Morgan fingerprint density at radius 2 is 2.26 bits per heavy atom. The van der Waals surface area contributed by atoms with Crippen LogP contribution in [0.4, 0.5) is 5.69 Å². The molecular formula is C13H15ClN4S. The lowest BCUT2D eigenvalue weighted by Gasteiger charge is -2.12. The number of nitrogens with zero attached hydrogens (tertiary/aromatic N) is 2. The predicted molar refractivity (Wildman–Crippen MR) is 82.6 cm³/mol. The summed E-state index contributed by atoms with van der Waals surface area (Å²) in [5, 5.41) is 8.06. The van der Waals surface area contributed by atoms with Gasteiger partial charge in [-0.25, -0.2) is 0 Å². The number of thiocarbonyl (C=S) groups is 1. The Balaban J connectivity index is 2.23. The maximum absolute atomic E-state index is 6.12. The van der Waals surface area contributed by atoms with Crippen LogP contribution in [0.1, 0.15) is 16.8 Å². The fourth-order valence-electron chi connectivity index (χ4n) is 1.83. The highest BCUT2D eigenvalue weighted by atomic mass is 35.5. The minimum Gasteiger partial charge on any atom is -0.389 e. The number of anilines is 1. The Labute approximate surface area is 122 Å². The summed E-state index contributed by atoms with van der Waals surface area (Å²) in [4.78, 5) is 0.288.